The number of ether oxygens (including phenoxy) is 1. The molecule has 6 N–H and O–H groups in total. The number of ketones is 1. The number of carboxylic acid groups (broad SMARTS) is 2. The van der Waals surface area contributed by atoms with Gasteiger partial charge in [0, 0.05) is 36.8 Å². The average molecular weight is 716 g/mol. The molecule has 4 aliphatic rings. The normalized spacial score (nSPS) is 25.8. The standard InChI is InChI=1S/C31H33N5O13S/c1-29(2)3-5-30(6-4-29,26(43)44)49-34-22(17-13-50-28(32)33-17)21(39)8-15-12-47-36(23(15)40)31(27(45)46)10-18(25(42)48-31)35-11-14-7-19(37)20(38)9-16(14)24(35)41/h7,9,13,15,18,37-38H,3-6,8,10-12H2,1-2H3,(H2,32,33)(H,43,44)(H,45,46)/b34-22-/t15-,18-,31?/m0/s1. The molecule has 6 rings (SSSR count). The number of carboxylic acids is 2. The predicted molar refractivity (Wildman–Crippen MR) is 167 cm³/mol. The van der Waals surface area contributed by atoms with Gasteiger partial charge in [-0.1, -0.05) is 19.0 Å². The quantitative estimate of drug-likeness (QED) is 0.101. The molecule has 1 unspecified atom stereocenters. The largest absolute Gasteiger partial charge is 0.504 e. The Morgan fingerprint density at radius 3 is 2.38 bits per heavy atom. The van der Waals surface area contributed by atoms with Crippen LogP contribution in [-0.2, 0) is 44.9 Å². The Balaban J connectivity index is 1.20. The van der Waals surface area contributed by atoms with Crippen molar-refractivity contribution in [2.75, 3.05) is 12.3 Å². The van der Waals surface area contributed by atoms with E-state index >= 15 is 0 Å². The third kappa shape index (κ3) is 5.85. The number of nitrogens with zero attached hydrogens (tertiary/aromatic N) is 4. The Bertz CT molecular complexity index is 1850. The van der Waals surface area contributed by atoms with Gasteiger partial charge in [-0.05, 0) is 36.0 Å². The van der Waals surface area contributed by atoms with Crippen LogP contribution in [-0.4, -0.2) is 101 Å². The number of aromatic nitrogens is 1. The van der Waals surface area contributed by atoms with Crippen LogP contribution in [0.4, 0.5) is 5.13 Å². The van der Waals surface area contributed by atoms with Gasteiger partial charge in [0.25, 0.3) is 11.8 Å². The number of benzene rings is 1. The predicted octanol–water partition coefficient (Wildman–Crippen LogP) is 1.38. The number of thiazole rings is 1. The van der Waals surface area contributed by atoms with E-state index < -0.39 is 95.5 Å². The lowest BCUT2D eigenvalue weighted by molar-refractivity contribution is -0.256. The van der Waals surface area contributed by atoms with E-state index in [-0.39, 0.29) is 46.8 Å². The number of amides is 2. The molecule has 0 spiro atoms. The molecule has 1 aliphatic carbocycles. The number of phenolic OH excluding ortho intramolecular Hbond substituents is 2. The molecule has 0 bridgehead atoms. The highest BCUT2D eigenvalue weighted by Gasteiger charge is 2.64. The summed E-state index contributed by atoms with van der Waals surface area (Å²) in [5.74, 6) is -9.12. The van der Waals surface area contributed by atoms with E-state index in [4.69, 9.17) is 20.1 Å². The maximum absolute atomic E-state index is 13.7. The number of aromatic hydroxyl groups is 2. The molecule has 266 valence electrons. The number of esters is 1. The molecule has 2 aromatic rings. The number of cyclic esters (lactones) is 1. The molecule has 0 radical (unpaired) electrons. The van der Waals surface area contributed by atoms with E-state index in [1.807, 2.05) is 13.8 Å². The minimum Gasteiger partial charge on any atom is -0.504 e. The van der Waals surface area contributed by atoms with Gasteiger partial charge in [0.05, 0.1) is 18.9 Å². The number of nitrogen functional groups attached to an aromatic ring is 1. The Hall–Kier alpha value is -5.30. The van der Waals surface area contributed by atoms with E-state index in [0.717, 1.165) is 28.4 Å². The highest BCUT2D eigenvalue weighted by atomic mass is 32.1. The van der Waals surface area contributed by atoms with Gasteiger partial charge >= 0.3 is 23.6 Å². The lowest BCUT2D eigenvalue weighted by atomic mass is 9.71. The molecule has 50 heavy (non-hydrogen) atoms. The summed E-state index contributed by atoms with van der Waals surface area (Å²) < 4.78 is 5.25. The fraction of sp³-hybridized carbons (Fsp3) is 0.484. The number of nitrogens with two attached hydrogens (primary N) is 1. The minimum absolute atomic E-state index is 0.0158. The van der Waals surface area contributed by atoms with E-state index in [1.165, 1.54) is 5.38 Å². The highest BCUT2D eigenvalue weighted by molar-refractivity contribution is 7.13. The molecular weight excluding hydrogens is 682 g/mol. The van der Waals surface area contributed by atoms with Gasteiger partial charge in [-0.3, -0.25) is 19.2 Å². The zero-order valence-corrected chi connectivity index (χ0v) is 27.6. The van der Waals surface area contributed by atoms with Crippen molar-refractivity contribution in [1.82, 2.24) is 14.9 Å². The van der Waals surface area contributed by atoms with Crippen LogP contribution in [0.1, 0.15) is 74.0 Å². The van der Waals surface area contributed by atoms with Crippen molar-refractivity contribution in [2.45, 2.75) is 76.3 Å². The first-order valence-corrected chi connectivity index (χ1v) is 16.4. The van der Waals surface area contributed by atoms with Crippen molar-refractivity contribution < 1.29 is 63.6 Å². The lowest BCUT2D eigenvalue weighted by Crippen LogP contribution is -2.55. The second-order valence-corrected chi connectivity index (χ2v) is 14.4. The molecule has 1 aromatic heterocycles. The Morgan fingerprint density at radius 1 is 1.08 bits per heavy atom. The van der Waals surface area contributed by atoms with Crippen LogP contribution in [0.2, 0.25) is 0 Å². The summed E-state index contributed by atoms with van der Waals surface area (Å²) in [5.41, 5.74) is 1.06. The fourth-order valence-corrected chi connectivity index (χ4v) is 7.02. The molecular formula is C31H33N5O13S. The number of carbonyl (C=O) groups excluding carboxylic acids is 4. The molecule has 18 nitrogen and oxygen atoms in total. The van der Waals surface area contributed by atoms with Gasteiger partial charge in [0.15, 0.2) is 28.1 Å². The van der Waals surface area contributed by atoms with Crippen LogP contribution in [0, 0.1) is 11.3 Å². The number of hydroxylamine groups is 2. The van der Waals surface area contributed by atoms with Gasteiger partial charge in [0.2, 0.25) is 5.60 Å². The maximum atomic E-state index is 13.7. The summed E-state index contributed by atoms with van der Waals surface area (Å²) in [7, 11) is 0. The van der Waals surface area contributed by atoms with E-state index in [2.05, 4.69) is 10.1 Å². The lowest BCUT2D eigenvalue weighted by Gasteiger charge is -2.38. The summed E-state index contributed by atoms with van der Waals surface area (Å²) in [6, 6.07) is 0.666. The van der Waals surface area contributed by atoms with Gasteiger partial charge in [-0.25, -0.2) is 19.4 Å². The van der Waals surface area contributed by atoms with Gasteiger partial charge < -0.3 is 40.6 Å². The number of phenols is 2. The molecule has 19 heteroatoms. The average Bonchev–Trinajstić information content (AvgIpc) is 3.81. The molecule has 3 fully saturated rings. The summed E-state index contributed by atoms with van der Waals surface area (Å²) in [5, 5.41) is 45.8. The molecule has 2 saturated heterocycles. The molecule has 1 saturated carbocycles. The third-order valence-corrected chi connectivity index (χ3v) is 10.3. The molecule has 3 aliphatic heterocycles. The number of Topliss-reactive ketones (excluding diaryl/α,β-unsaturated/α-hetero) is 1. The van der Waals surface area contributed by atoms with Crippen LogP contribution in [0.5, 0.6) is 11.5 Å². The molecule has 1 aromatic carbocycles. The topological polar surface area (TPSA) is 269 Å². The highest BCUT2D eigenvalue weighted by Crippen LogP contribution is 2.43. The second-order valence-electron chi connectivity index (χ2n) is 13.5. The van der Waals surface area contributed by atoms with Crippen LogP contribution in [0.3, 0.4) is 0 Å². The monoisotopic (exact) mass is 715 g/mol. The zero-order chi connectivity index (χ0) is 36.3. The second kappa shape index (κ2) is 12.2. The number of rotatable bonds is 10. The van der Waals surface area contributed by atoms with E-state index in [1.54, 1.807) is 0 Å². The van der Waals surface area contributed by atoms with Crippen molar-refractivity contribution in [2.24, 2.45) is 16.5 Å². The first-order valence-electron chi connectivity index (χ1n) is 15.5. The number of hydrogen-bond acceptors (Lipinski definition) is 15. The molecule has 3 atom stereocenters. The summed E-state index contributed by atoms with van der Waals surface area (Å²) in [6.07, 6.45) is -0.0520. The molecule has 2 amide bonds. The maximum Gasteiger partial charge on any atom is 0.372 e. The number of hydrogen-bond donors (Lipinski definition) is 5. The fourth-order valence-electron chi connectivity index (χ4n) is 6.47. The van der Waals surface area contributed by atoms with Gasteiger partial charge in [-0.15, -0.1) is 11.3 Å². The Labute approximate surface area is 287 Å². The van der Waals surface area contributed by atoms with Crippen LogP contribution in [0.15, 0.2) is 22.7 Å². The van der Waals surface area contributed by atoms with E-state index in [9.17, 15) is 49.2 Å². The number of carbonyl (C=O) groups is 6. The molecule has 4 heterocycles. The SMILES string of the molecule is CC1(C)CCC(O/N=C(\C(=O)C[C@H]2CON(C3(C(=O)O)C[C@H](N4Cc5cc(O)c(O)cc5C4=O)C(=O)O3)C2=O)c2csc(N)n2)(C(=O)O)CC1. The van der Waals surface area contributed by atoms with Crippen molar-refractivity contribution in [3.8, 4) is 11.5 Å². The van der Waals surface area contributed by atoms with Crippen molar-refractivity contribution >= 4 is 57.7 Å². The van der Waals surface area contributed by atoms with Crippen molar-refractivity contribution in [1.29, 1.82) is 0 Å². The Morgan fingerprint density at radius 2 is 1.76 bits per heavy atom. The van der Waals surface area contributed by atoms with Crippen LogP contribution >= 0.6 is 11.3 Å². The first kappa shape index (κ1) is 34.6. The number of anilines is 1. The minimum atomic E-state index is -2.71. The summed E-state index contributed by atoms with van der Waals surface area (Å²) in [4.78, 5) is 94.6. The summed E-state index contributed by atoms with van der Waals surface area (Å²) in [6.45, 7) is 3.28. The van der Waals surface area contributed by atoms with Crippen LogP contribution in [0.25, 0.3) is 0 Å². The van der Waals surface area contributed by atoms with E-state index in [0.29, 0.717) is 17.9 Å². The number of fused-ring (bicyclic) bond motifs is 1. The number of oxime groups is 1. The third-order valence-electron chi connectivity index (χ3n) is 9.61. The van der Waals surface area contributed by atoms with Gasteiger partial charge in [-0.2, -0.15) is 5.06 Å². The first-order chi connectivity index (χ1) is 23.5. The van der Waals surface area contributed by atoms with Crippen LogP contribution < -0.4 is 5.73 Å². The number of aliphatic carboxylic acids is 2. The zero-order valence-electron chi connectivity index (χ0n) is 26.8. The van der Waals surface area contributed by atoms with Crippen molar-refractivity contribution in [3.05, 3.63) is 34.3 Å². The Kier molecular flexibility index (Phi) is 8.46. The van der Waals surface area contributed by atoms with Crippen molar-refractivity contribution in [3.63, 3.8) is 0 Å². The smallest absolute Gasteiger partial charge is 0.372 e. The summed E-state index contributed by atoms with van der Waals surface area (Å²) >= 11 is 0.984. The van der Waals surface area contributed by atoms with Gasteiger partial charge in [0.1, 0.15) is 11.7 Å².